The second-order valence-electron chi connectivity index (χ2n) is 3.89. The number of nitrogens with two attached hydrogens (primary N) is 1. The van der Waals surface area contributed by atoms with Crippen LogP contribution in [0.3, 0.4) is 0 Å². The third kappa shape index (κ3) is 1.67. The summed E-state index contributed by atoms with van der Waals surface area (Å²) in [6.07, 6.45) is 0. The average molecular weight is 306 g/mol. The first-order valence-electron chi connectivity index (χ1n) is 5.35. The van der Waals surface area contributed by atoms with Gasteiger partial charge in [-0.1, -0.05) is 28.1 Å². The van der Waals surface area contributed by atoms with Crippen molar-refractivity contribution in [3.63, 3.8) is 0 Å². The molecule has 0 aliphatic heterocycles. The van der Waals surface area contributed by atoms with Gasteiger partial charge in [0.2, 0.25) is 5.95 Å². The summed E-state index contributed by atoms with van der Waals surface area (Å²) in [6.45, 7) is 0. The second kappa shape index (κ2) is 4.10. The Bertz CT molecular complexity index is 736. The lowest BCUT2D eigenvalue weighted by Gasteiger charge is -2.08. The first kappa shape index (κ1) is 11.2. The molecule has 0 fully saturated rings. The molecule has 2 N–H and O–H groups in total. The smallest absolute Gasteiger partial charge is 0.206 e. The zero-order valence-corrected chi connectivity index (χ0v) is 10.9. The number of hydrogen-bond donors (Lipinski definition) is 1. The minimum Gasteiger partial charge on any atom is -0.369 e. The van der Waals surface area contributed by atoms with Gasteiger partial charge < -0.3 is 5.73 Å². The van der Waals surface area contributed by atoms with Crippen LogP contribution >= 0.6 is 15.9 Å². The maximum absolute atomic E-state index is 13.9. The molecule has 0 unspecified atom stereocenters. The molecule has 1 aromatic heterocycles. The largest absolute Gasteiger partial charge is 0.369 e. The van der Waals surface area contributed by atoms with E-state index in [1.54, 1.807) is 16.7 Å². The van der Waals surface area contributed by atoms with Crippen molar-refractivity contribution >= 4 is 32.9 Å². The highest BCUT2D eigenvalue weighted by Crippen LogP contribution is 2.26. The number of anilines is 1. The van der Waals surface area contributed by atoms with Crippen LogP contribution in [0.2, 0.25) is 0 Å². The molecule has 18 heavy (non-hydrogen) atoms. The van der Waals surface area contributed by atoms with Crippen LogP contribution in [0.1, 0.15) is 0 Å². The molecule has 1 heterocycles. The molecular formula is C13H9BrFN3. The van der Waals surface area contributed by atoms with Crippen molar-refractivity contribution in [2.75, 3.05) is 5.73 Å². The average Bonchev–Trinajstić information content (AvgIpc) is 2.68. The van der Waals surface area contributed by atoms with Gasteiger partial charge in [-0.2, -0.15) is 0 Å². The normalized spacial score (nSPS) is 11.0. The monoisotopic (exact) mass is 305 g/mol. The van der Waals surface area contributed by atoms with Gasteiger partial charge in [0.15, 0.2) is 0 Å². The maximum Gasteiger partial charge on any atom is 0.206 e. The summed E-state index contributed by atoms with van der Waals surface area (Å²) in [6, 6.07) is 12.2. The number of nitrogens with zero attached hydrogens (tertiary/aromatic N) is 2. The van der Waals surface area contributed by atoms with Crippen molar-refractivity contribution in [2.24, 2.45) is 0 Å². The Hall–Kier alpha value is -1.88. The van der Waals surface area contributed by atoms with E-state index in [1.807, 2.05) is 24.3 Å². The quantitative estimate of drug-likeness (QED) is 0.747. The fraction of sp³-hybridized carbons (Fsp3) is 0. The number of para-hydroxylation sites is 2. The Morgan fingerprint density at radius 1 is 1.17 bits per heavy atom. The molecule has 5 heteroatoms. The molecule has 3 nitrogen and oxygen atoms in total. The molecular weight excluding hydrogens is 297 g/mol. The van der Waals surface area contributed by atoms with E-state index in [-0.39, 0.29) is 11.8 Å². The Morgan fingerprint density at radius 2 is 1.94 bits per heavy atom. The first-order valence-corrected chi connectivity index (χ1v) is 6.14. The molecule has 0 aliphatic carbocycles. The van der Waals surface area contributed by atoms with E-state index in [9.17, 15) is 4.39 Å². The van der Waals surface area contributed by atoms with Gasteiger partial charge in [-0.15, -0.1) is 0 Å². The van der Waals surface area contributed by atoms with Crippen molar-refractivity contribution in [1.82, 2.24) is 9.55 Å². The van der Waals surface area contributed by atoms with Crippen LogP contribution < -0.4 is 5.73 Å². The van der Waals surface area contributed by atoms with E-state index in [1.165, 1.54) is 6.07 Å². The van der Waals surface area contributed by atoms with E-state index in [0.717, 1.165) is 15.5 Å². The minimum atomic E-state index is -0.340. The van der Waals surface area contributed by atoms with Gasteiger partial charge in [0.1, 0.15) is 5.82 Å². The van der Waals surface area contributed by atoms with Crippen molar-refractivity contribution in [3.8, 4) is 5.69 Å². The highest BCUT2D eigenvalue weighted by Gasteiger charge is 2.13. The lowest BCUT2D eigenvalue weighted by atomic mass is 10.2. The van der Waals surface area contributed by atoms with Gasteiger partial charge in [0.25, 0.3) is 0 Å². The third-order valence-corrected chi connectivity index (χ3v) is 3.23. The second-order valence-corrected chi connectivity index (χ2v) is 4.81. The highest BCUT2D eigenvalue weighted by molar-refractivity contribution is 9.10. The molecule has 3 rings (SSSR count). The predicted molar refractivity (Wildman–Crippen MR) is 73.1 cm³/mol. The van der Waals surface area contributed by atoms with E-state index < -0.39 is 0 Å². The van der Waals surface area contributed by atoms with Crippen LogP contribution in [-0.2, 0) is 0 Å². The van der Waals surface area contributed by atoms with Crippen LogP contribution in [0, 0.1) is 5.82 Å². The van der Waals surface area contributed by atoms with Gasteiger partial charge in [-0.3, -0.25) is 4.57 Å². The summed E-state index contributed by atoms with van der Waals surface area (Å²) in [5.41, 5.74) is 7.79. The molecule has 0 saturated heterocycles. The van der Waals surface area contributed by atoms with Crippen molar-refractivity contribution in [1.29, 1.82) is 0 Å². The van der Waals surface area contributed by atoms with Gasteiger partial charge in [-0.05, 0) is 30.3 Å². The molecule has 0 atom stereocenters. The molecule has 0 spiro atoms. The number of nitrogen functional groups attached to an aromatic ring is 1. The molecule has 0 saturated carbocycles. The van der Waals surface area contributed by atoms with Crippen LogP contribution in [0.5, 0.6) is 0 Å². The number of halogens is 2. The summed E-state index contributed by atoms with van der Waals surface area (Å²) < 4.78 is 16.3. The van der Waals surface area contributed by atoms with Gasteiger partial charge in [-0.25, -0.2) is 9.37 Å². The summed E-state index contributed by atoms with van der Waals surface area (Å²) in [4.78, 5) is 4.22. The molecule has 0 radical (unpaired) electrons. The Labute approximate surface area is 111 Å². The molecule has 0 aliphatic rings. The van der Waals surface area contributed by atoms with Crippen LogP contribution in [0.4, 0.5) is 10.3 Å². The number of rotatable bonds is 1. The molecule has 0 amide bonds. The zero-order chi connectivity index (χ0) is 12.7. The standard InChI is InChI=1S/C13H9BrFN3/c14-8-5-6-9(15)12(7-8)18-11-4-2-1-3-10(11)17-13(18)16/h1-7H,(H2,16,17). The predicted octanol–water partition coefficient (Wildman–Crippen LogP) is 3.51. The van der Waals surface area contributed by atoms with Crippen molar-refractivity contribution in [2.45, 2.75) is 0 Å². The van der Waals surface area contributed by atoms with Crippen molar-refractivity contribution in [3.05, 3.63) is 52.8 Å². The fourth-order valence-corrected chi connectivity index (χ4v) is 2.30. The summed E-state index contributed by atoms with van der Waals surface area (Å²) in [5.74, 6) is -0.0683. The maximum atomic E-state index is 13.9. The first-order chi connectivity index (χ1) is 8.66. The number of fused-ring (bicyclic) bond motifs is 1. The fourth-order valence-electron chi connectivity index (χ4n) is 1.95. The van der Waals surface area contributed by atoms with E-state index in [4.69, 9.17) is 5.73 Å². The van der Waals surface area contributed by atoms with Crippen LogP contribution in [0.25, 0.3) is 16.7 Å². The van der Waals surface area contributed by atoms with Crippen molar-refractivity contribution < 1.29 is 4.39 Å². The number of aromatic nitrogens is 2. The summed E-state index contributed by atoms with van der Waals surface area (Å²) in [7, 11) is 0. The molecule has 3 aromatic rings. The lowest BCUT2D eigenvalue weighted by Crippen LogP contribution is -2.02. The molecule has 0 bridgehead atoms. The van der Waals surface area contributed by atoms with Crippen LogP contribution in [-0.4, -0.2) is 9.55 Å². The SMILES string of the molecule is Nc1nc2ccccc2n1-c1cc(Br)ccc1F. The summed E-state index contributed by atoms with van der Waals surface area (Å²) in [5, 5.41) is 0. The Balaban J connectivity index is 2.37. The third-order valence-electron chi connectivity index (χ3n) is 2.74. The number of imidazole rings is 1. The topological polar surface area (TPSA) is 43.8 Å². The van der Waals surface area contributed by atoms with E-state index in [2.05, 4.69) is 20.9 Å². The Morgan fingerprint density at radius 3 is 2.78 bits per heavy atom. The Kier molecular flexibility index (Phi) is 2.56. The van der Waals surface area contributed by atoms with E-state index >= 15 is 0 Å². The number of hydrogen-bond acceptors (Lipinski definition) is 2. The van der Waals surface area contributed by atoms with Gasteiger partial charge in [0, 0.05) is 4.47 Å². The number of benzene rings is 2. The van der Waals surface area contributed by atoms with Gasteiger partial charge >= 0.3 is 0 Å². The van der Waals surface area contributed by atoms with E-state index in [0.29, 0.717) is 5.69 Å². The van der Waals surface area contributed by atoms with Gasteiger partial charge in [0.05, 0.1) is 16.7 Å². The summed E-state index contributed by atoms with van der Waals surface area (Å²) >= 11 is 3.33. The highest BCUT2D eigenvalue weighted by atomic mass is 79.9. The zero-order valence-electron chi connectivity index (χ0n) is 9.27. The van der Waals surface area contributed by atoms with Crippen LogP contribution in [0.15, 0.2) is 46.9 Å². The molecule has 90 valence electrons. The minimum absolute atomic E-state index is 0.271. The molecule has 2 aromatic carbocycles. The lowest BCUT2D eigenvalue weighted by molar-refractivity contribution is 0.619.